The largest absolute Gasteiger partial charge is 0.514 e. The first-order valence-electron chi connectivity index (χ1n) is 16.9. The van der Waals surface area contributed by atoms with Crippen LogP contribution in [-0.2, 0) is 35.3 Å². The zero-order chi connectivity index (χ0) is 38.9. The second-order valence-corrected chi connectivity index (χ2v) is 12.3. The number of imide groups is 1. The summed E-state index contributed by atoms with van der Waals surface area (Å²) in [4.78, 5) is 97.3. The third-order valence-corrected chi connectivity index (χ3v) is 7.88. The van der Waals surface area contributed by atoms with Gasteiger partial charge in [0.15, 0.2) is 0 Å². The number of ether oxygens (including phenoxy) is 2. The molecule has 2 aromatic carbocycles. The number of nitro benzene ring substituents is 1. The summed E-state index contributed by atoms with van der Waals surface area (Å²) in [6.07, 6.45) is 3.50. The first-order valence-corrected chi connectivity index (χ1v) is 16.9. The topological polar surface area (TPSA) is 258 Å². The molecule has 0 bridgehead atoms. The Morgan fingerprint density at radius 3 is 2.13 bits per heavy atom. The minimum atomic E-state index is -1.06. The Morgan fingerprint density at radius 1 is 0.868 bits per heavy atom. The number of nitrogens with two attached hydrogens (primary N) is 1. The van der Waals surface area contributed by atoms with Crippen LogP contribution < -0.4 is 31.7 Å². The molecule has 1 heterocycles. The average Bonchev–Trinajstić information content (AvgIpc) is 3.43. The first kappa shape index (κ1) is 41.1. The van der Waals surface area contributed by atoms with Gasteiger partial charge in [0.2, 0.25) is 17.7 Å². The van der Waals surface area contributed by atoms with Gasteiger partial charge in [-0.05, 0) is 61.4 Å². The Bertz CT molecular complexity index is 1660. The van der Waals surface area contributed by atoms with Gasteiger partial charge in [0, 0.05) is 49.5 Å². The van der Waals surface area contributed by atoms with Gasteiger partial charge in [0.05, 0.1) is 4.92 Å². The van der Waals surface area contributed by atoms with Gasteiger partial charge in [-0.15, -0.1) is 0 Å². The van der Waals surface area contributed by atoms with Crippen molar-refractivity contribution in [2.75, 3.05) is 18.4 Å². The third kappa shape index (κ3) is 14.1. The van der Waals surface area contributed by atoms with Crippen molar-refractivity contribution in [3.63, 3.8) is 0 Å². The zero-order valence-corrected chi connectivity index (χ0v) is 29.3. The van der Waals surface area contributed by atoms with E-state index in [0.29, 0.717) is 30.5 Å². The highest BCUT2D eigenvalue weighted by Gasteiger charge is 2.29. The maximum Gasteiger partial charge on any atom is 0.514 e. The maximum atomic E-state index is 13.4. The molecular weight excluding hydrogens is 694 g/mol. The Balaban J connectivity index is 1.52. The van der Waals surface area contributed by atoms with E-state index in [4.69, 9.17) is 15.2 Å². The summed E-state index contributed by atoms with van der Waals surface area (Å²) >= 11 is 0. The molecule has 1 aliphatic rings. The minimum Gasteiger partial charge on any atom is -0.429 e. The van der Waals surface area contributed by atoms with Crippen molar-refractivity contribution >= 4 is 53.1 Å². The van der Waals surface area contributed by atoms with Crippen LogP contribution in [0.2, 0.25) is 0 Å². The fourth-order valence-corrected chi connectivity index (χ4v) is 5.03. The molecule has 0 saturated heterocycles. The molecule has 0 aromatic heterocycles. The Labute approximate surface area is 304 Å². The van der Waals surface area contributed by atoms with Gasteiger partial charge < -0.3 is 36.5 Å². The zero-order valence-electron chi connectivity index (χ0n) is 29.3. The molecule has 7 amide bonds. The summed E-state index contributed by atoms with van der Waals surface area (Å²) in [6, 6.07) is 8.42. The highest BCUT2D eigenvalue weighted by molar-refractivity contribution is 6.12. The number of hydrogen-bond acceptors (Lipinski definition) is 11. The summed E-state index contributed by atoms with van der Waals surface area (Å²) in [5, 5.41) is 21.4. The molecule has 0 unspecified atom stereocenters. The summed E-state index contributed by atoms with van der Waals surface area (Å²) in [5.41, 5.74) is 5.89. The van der Waals surface area contributed by atoms with Crippen LogP contribution in [0.4, 0.5) is 21.0 Å². The van der Waals surface area contributed by atoms with E-state index in [-0.39, 0.29) is 74.0 Å². The molecule has 1 aliphatic heterocycles. The Morgan fingerprint density at radius 2 is 1.53 bits per heavy atom. The van der Waals surface area contributed by atoms with E-state index in [0.717, 1.165) is 4.90 Å². The number of nitrogens with zero attached hydrogens (tertiary/aromatic N) is 2. The smallest absolute Gasteiger partial charge is 0.429 e. The fraction of sp³-hybridized carbons (Fsp3) is 0.400. The number of carbonyl (C=O) groups is 7. The lowest BCUT2D eigenvalue weighted by Gasteiger charge is -2.25. The molecule has 284 valence electrons. The molecule has 53 heavy (non-hydrogen) atoms. The van der Waals surface area contributed by atoms with Crippen LogP contribution >= 0.6 is 0 Å². The van der Waals surface area contributed by atoms with Crippen LogP contribution in [0.5, 0.6) is 5.75 Å². The highest BCUT2D eigenvalue weighted by atomic mass is 16.7. The number of urea groups is 1. The number of amides is 7. The second kappa shape index (κ2) is 20.5. The number of unbranched alkanes of at least 4 members (excludes halogenated alkanes) is 2. The Kier molecular flexibility index (Phi) is 15.9. The van der Waals surface area contributed by atoms with E-state index in [9.17, 15) is 43.7 Å². The van der Waals surface area contributed by atoms with Crippen LogP contribution in [0.25, 0.3) is 0 Å². The van der Waals surface area contributed by atoms with Gasteiger partial charge in [0.1, 0.15) is 24.4 Å². The normalized spacial score (nSPS) is 13.2. The van der Waals surface area contributed by atoms with Gasteiger partial charge in [-0.1, -0.05) is 32.4 Å². The number of rotatable bonds is 20. The lowest BCUT2D eigenvalue weighted by molar-refractivity contribution is -0.384. The van der Waals surface area contributed by atoms with E-state index in [1.54, 1.807) is 38.1 Å². The van der Waals surface area contributed by atoms with Crippen LogP contribution in [0, 0.1) is 16.0 Å². The summed E-state index contributed by atoms with van der Waals surface area (Å²) in [7, 11) is 0. The molecule has 0 aliphatic carbocycles. The van der Waals surface area contributed by atoms with Crippen LogP contribution in [0.15, 0.2) is 60.7 Å². The molecule has 2 atom stereocenters. The van der Waals surface area contributed by atoms with Crippen molar-refractivity contribution in [3.05, 3.63) is 76.4 Å². The summed E-state index contributed by atoms with van der Waals surface area (Å²) in [5.74, 6) is -2.51. The highest BCUT2D eigenvalue weighted by Crippen LogP contribution is 2.18. The van der Waals surface area contributed by atoms with Crippen LogP contribution in [0.1, 0.15) is 57.9 Å². The lowest BCUT2D eigenvalue weighted by Crippen LogP contribution is -2.54. The van der Waals surface area contributed by atoms with Gasteiger partial charge in [-0.25, -0.2) is 9.59 Å². The quantitative estimate of drug-likeness (QED) is 0.0330. The lowest BCUT2D eigenvalue weighted by atomic mass is 10.0. The number of primary amides is 1. The third-order valence-electron chi connectivity index (χ3n) is 7.88. The molecule has 18 nitrogen and oxygen atoms in total. The number of nitro groups is 1. The molecule has 2 aromatic rings. The van der Waals surface area contributed by atoms with Crippen molar-refractivity contribution in [1.82, 2.24) is 20.9 Å². The second-order valence-electron chi connectivity index (χ2n) is 12.3. The molecule has 0 radical (unpaired) electrons. The van der Waals surface area contributed by atoms with Gasteiger partial charge >= 0.3 is 12.2 Å². The molecule has 0 fully saturated rings. The maximum absolute atomic E-state index is 13.4. The number of nitrogens with one attached hydrogen (secondary N) is 4. The predicted octanol–water partition coefficient (Wildman–Crippen LogP) is 2.81. The summed E-state index contributed by atoms with van der Waals surface area (Å²) in [6.45, 7) is 3.72. The van der Waals surface area contributed by atoms with Gasteiger partial charge in [0.25, 0.3) is 17.5 Å². The van der Waals surface area contributed by atoms with Gasteiger partial charge in [-0.2, -0.15) is 0 Å². The number of anilines is 1. The van der Waals surface area contributed by atoms with E-state index >= 15 is 0 Å². The van der Waals surface area contributed by atoms with Crippen molar-refractivity contribution in [2.24, 2.45) is 11.7 Å². The number of carbonyl (C=O) groups excluding carboxylic acids is 7. The monoisotopic (exact) mass is 737 g/mol. The fourth-order valence-electron chi connectivity index (χ4n) is 5.03. The summed E-state index contributed by atoms with van der Waals surface area (Å²) < 4.78 is 10.1. The standard InChI is InChI=1S/C35H43N7O11/c1-22(2)31(40-28(43)8-4-3-5-20-41-29(44)17-18-30(41)45)33(47)39-27(7-6-19-37-34(36)48)32(46)38-24-11-9-23(10-12-24)21-52-35(49)53-26-15-13-25(14-16-26)42(50)51/h9-18,22,27,31H,3-8,19-21H2,1-2H3,(H,38,46)(H,39,47)(H,40,43)(H3,36,37,48)/t27-,31+/m1/s1. The average molecular weight is 738 g/mol. The number of benzene rings is 2. The van der Waals surface area contributed by atoms with Crippen LogP contribution in [-0.4, -0.2) is 76.7 Å². The van der Waals surface area contributed by atoms with Crippen LogP contribution in [0.3, 0.4) is 0 Å². The van der Waals surface area contributed by atoms with E-state index < -0.39 is 41.0 Å². The van der Waals surface area contributed by atoms with E-state index in [1.165, 1.54) is 36.4 Å². The van der Waals surface area contributed by atoms with E-state index in [1.807, 2.05) is 0 Å². The van der Waals surface area contributed by atoms with Crippen molar-refractivity contribution < 1.29 is 48.0 Å². The minimum absolute atomic E-state index is 0.0608. The molecule has 0 saturated carbocycles. The predicted molar refractivity (Wildman–Crippen MR) is 189 cm³/mol. The molecule has 0 spiro atoms. The van der Waals surface area contributed by atoms with Crippen molar-refractivity contribution in [3.8, 4) is 5.75 Å². The van der Waals surface area contributed by atoms with Crippen molar-refractivity contribution in [1.29, 1.82) is 0 Å². The molecule has 18 heteroatoms. The SMILES string of the molecule is CC(C)[C@H](NC(=O)CCCCCN1C(=O)C=CC1=O)C(=O)N[C@H](CCCNC(N)=O)C(=O)Nc1ccc(COC(=O)Oc2ccc([N+](=O)[O-])cc2)cc1. The number of non-ortho nitro benzene ring substituents is 1. The number of hydrogen-bond donors (Lipinski definition) is 5. The van der Waals surface area contributed by atoms with E-state index in [2.05, 4.69) is 21.3 Å². The Hall–Kier alpha value is -6.33. The molecular formula is C35H43N7O11. The molecule has 3 rings (SSSR count). The first-order chi connectivity index (χ1) is 25.2. The van der Waals surface area contributed by atoms with Gasteiger partial charge in [-0.3, -0.25) is 39.0 Å². The van der Waals surface area contributed by atoms with Crippen molar-refractivity contribution in [2.45, 2.75) is 71.1 Å². The molecule has 6 N–H and O–H groups in total.